The molecule has 7 nitrogen and oxygen atoms in total. The van der Waals surface area contributed by atoms with E-state index < -0.39 is 30.4 Å². The Bertz CT molecular complexity index is 635. The summed E-state index contributed by atoms with van der Waals surface area (Å²) in [5, 5.41) is 24.9. The topological polar surface area (TPSA) is 104 Å². The van der Waals surface area contributed by atoms with E-state index in [2.05, 4.69) is 10.4 Å². The first-order chi connectivity index (χ1) is 10.5. The van der Waals surface area contributed by atoms with E-state index in [4.69, 9.17) is 5.11 Å². The third-order valence-electron chi connectivity index (χ3n) is 3.17. The van der Waals surface area contributed by atoms with E-state index in [0.29, 0.717) is 5.56 Å². The molecule has 0 bridgehead atoms. The second-order valence-corrected chi connectivity index (χ2v) is 4.81. The van der Waals surface area contributed by atoms with E-state index in [-0.39, 0.29) is 0 Å². The number of aliphatic hydroxyl groups is 2. The molecule has 0 saturated heterocycles. The van der Waals surface area contributed by atoms with Gasteiger partial charge in [0.2, 0.25) is 0 Å². The summed E-state index contributed by atoms with van der Waals surface area (Å²) in [5.41, 5.74) is 1.13. The minimum atomic E-state index is -1.14. The van der Waals surface area contributed by atoms with Gasteiger partial charge in [0.15, 0.2) is 5.78 Å². The fraction of sp³-hybridized carbons (Fsp3) is 0.267. The number of carbonyl (C=O) groups excluding carboxylic acids is 2. The number of Topliss-reactive ketones (excluding diaryl/α,β-unsaturated/α-hetero) is 1. The summed E-state index contributed by atoms with van der Waals surface area (Å²) < 4.78 is 1.65. The summed E-state index contributed by atoms with van der Waals surface area (Å²) in [7, 11) is 0. The van der Waals surface area contributed by atoms with Gasteiger partial charge in [-0.2, -0.15) is 5.10 Å². The van der Waals surface area contributed by atoms with Crippen molar-refractivity contribution in [3.05, 3.63) is 48.3 Å². The maximum atomic E-state index is 12.1. The second kappa shape index (κ2) is 6.97. The van der Waals surface area contributed by atoms with Crippen molar-refractivity contribution in [2.45, 2.75) is 19.1 Å². The number of hydrogen-bond donors (Lipinski definition) is 3. The highest BCUT2D eigenvalue weighted by atomic mass is 16.3. The molecule has 0 aliphatic heterocycles. The van der Waals surface area contributed by atoms with Crippen LogP contribution >= 0.6 is 0 Å². The molecule has 3 N–H and O–H groups in total. The smallest absolute Gasteiger partial charge is 0.251 e. The monoisotopic (exact) mass is 303 g/mol. The molecule has 1 amide bonds. The van der Waals surface area contributed by atoms with Crippen LogP contribution < -0.4 is 5.32 Å². The van der Waals surface area contributed by atoms with Crippen molar-refractivity contribution in [2.75, 3.05) is 6.61 Å². The first kappa shape index (κ1) is 15.9. The van der Waals surface area contributed by atoms with E-state index in [1.807, 2.05) is 0 Å². The van der Waals surface area contributed by atoms with Gasteiger partial charge in [0.05, 0.1) is 11.8 Å². The van der Waals surface area contributed by atoms with Crippen LogP contribution in [-0.2, 0) is 4.79 Å². The van der Waals surface area contributed by atoms with Crippen molar-refractivity contribution in [3.63, 3.8) is 0 Å². The molecule has 0 aliphatic rings. The second-order valence-electron chi connectivity index (χ2n) is 4.81. The van der Waals surface area contributed by atoms with Gasteiger partial charge in [-0.1, -0.05) is 0 Å². The predicted molar refractivity (Wildman–Crippen MR) is 78.6 cm³/mol. The maximum Gasteiger partial charge on any atom is 0.251 e. The molecule has 0 unspecified atom stereocenters. The van der Waals surface area contributed by atoms with Crippen molar-refractivity contribution < 1.29 is 19.8 Å². The molecule has 0 aliphatic carbocycles. The van der Waals surface area contributed by atoms with Crippen molar-refractivity contribution in [2.24, 2.45) is 0 Å². The number of nitrogens with one attached hydrogen (secondary N) is 1. The molecule has 0 saturated carbocycles. The summed E-state index contributed by atoms with van der Waals surface area (Å²) >= 11 is 0. The molecule has 22 heavy (non-hydrogen) atoms. The van der Waals surface area contributed by atoms with E-state index >= 15 is 0 Å². The van der Waals surface area contributed by atoms with Gasteiger partial charge in [-0.3, -0.25) is 9.59 Å². The zero-order valence-electron chi connectivity index (χ0n) is 12.0. The van der Waals surface area contributed by atoms with Crippen LogP contribution in [0, 0.1) is 0 Å². The molecule has 2 atom stereocenters. The van der Waals surface area contributed by atoms with Gasteiger partial charge in [0.1, 0.15) is 12.6 Å². The van der Waals surface area contributed by atoms with Crippen molar-refractivity contribution in [1.29, 1.82) is 0 Å². The predicted octanol–water partition coefficient (Wildman–Crippen LogP) is -0.0871. The Morgan fingerprint density at radius 2 is 2.00 bits per heavy atom. The van der Waals surface area contributed by atoms with Gasteiger partial charge in [0, 0.05) is 18.0 Å². The molecular formula is C15H17N3O4. The fourth-order valence-electron chi connectivity index (χ4n) is 1.98. The van der Waals surface area contributed by atoms with E-state index in [0.717, 1.165) is 5.69 Å². The average molecular weight is 303 g/mol. The van der Waals surface area contributed by atoms with Crippen LogP contribution in [0.4, 0.5) is 0 Å². The summed E-state index contributed by atoms with van der Waals surface area (Å²) in [5.74, 6) is -1.14. The number of nitrogens with zero attached hydrogens (tertiary/aromatic N) is 2. The Labute approximate surface area is 127 Å². The zero-order chi connectivity index (χ0) is 16.1. The van der Waals surface area contributed by atoms with Crippen LogP contribution in [0.15, 0.2) is 42.7 Å². The SMILES string of the molecule is C[C@@H](O)[C@H](NC(=O)c1ccc(-n2cccn2)cc1)C(=O)CO. The zero-order valence-corrected chi connectivity index (χ0v) is 12.0. The number of rotatable bonds is 6. The molecular weight excluding hydrogens is 286 g/mol. The number of aliphatic hydroxyl groups excluding tert-OH is 2. The van der Waals surface area contributed by atoms with Crippen LogP contribution in [0.2, 0.25) is 0 Å². The Morgan fingerprint density at radius 1 is 1.32 bits per heavy atom. The van der Waals surface area contributed by atoms with Crippen LogP contribution in [0.3, 0.4) is 0 Å². The quantitative estimate of drug-likeness (QED) is 0.692. The lowest BCUT2D eigenvalue weighted by Gasteiger charge is -2.19. The number of aromatic nitrogens is 2. The molecule has 2 rings (SSSR count). The van der Waals surface area contributed by atoms with Crippen LogP contribution in [0.5, 0.6) is 0 Å². The van der Waals surface area contributed by atoms with Gasteiger partial charge in [-0.25, -0.2) is 4.68 Å². The number of carbonyl (C=O) groups is 2. The number of amides is 1. The Hall–Kier alpha value is -2.51. The highest BCUT2D eigenvalue weighted by Gasteiger charge is 2.25. The summed E-state index contributed by atoms with van der Waals surface area (Å²) in [6.45, 7) is 0.632. The van der Waals surface area contributed by atoms with Gasteiger partial charge >= 0.3 is 0 Å². The molecule has 0 spiro atoms. The fourth-order valence-corrected chi connectivity index (χ4v) is 1.98. The van der Waals surface area contributed by atoms with Gasteiger partial charge in [-0.05, 0) is 37.3 Å². The first-order valence-electron chi connectivity index (χ1n) is 6.75. The van der Waals surface area contributed by atoms with E-state index in [1.54, 1.807) is 47.4 Å². The molecule has 0 radical (unpaired) electrons. The normalized spacial score (nSPS) is 13.4. The van der Waals surface area contributed by atoms with Gasteiger partial charge < -0.3 is 15.5 Å². The Balaban J connectivity index is 2.11. The molecule has 7 heteroatoms. The van der Waals surface area contributed by atoms with Crippen molar-refractivity contribution in [1.82, 2.24) is 15.1 Å². The molecule has 116 valence electrons. The Kier molecular flexibility index (Phi) is 5.03. The number of ketones is 1. The number of hydrogen-bond acceptors (Lipinski definition) is 5. The average Bonchev–Trinajstić information content (AvgIpc) is 3.06. The lowest BCUT2D eigenvalue weighted by Crippen LogP contribution is -2.48. The van der Waals surface area contributed by atoms with Crippen LogP contribution in [0.25, 0.3) is 5.69 Å². The Morgan fingerprint density at radius 3 is 2.50 bits per heavy atom. The molecule has 1 heterocycles. The summed E-state index contributed by atoms with van der Waals surface area (Å²) in [6, 6.07) is 7.27. The van der Waals surface area contributed by atoms with Crippen molar-refractivity contribution >= 4 is 11.7 Å². The number of benzene rings is 1. The van der Waals surface area contributed by atoms with Gasteiger partial charge in [0.25, 0.3) is 5.91 Å². The minimum absolute atomic E-state index is 0.340. The highest BCUT2D eigenvalue weighted by Crippen LogP contribution is 2.09. The van der Waals surface area contributed by atoms with Crippen LogP contribution in [-0.4, -0.2) is 50.4 Å². The van der Waals surface area contributed by atoms with Crippen LogP contribution in [0.1, 0.15) is 17.3 Å². The van der Waals surface area contributed by atoms with Gasteiger partial charge in [-0.15, -0.1) is 0 Å². The highest BCUT2D eigenvalue weighted by molar-refractivity contribution is 5.98. The lowest BCUT2D eigenvalue weighted by molar-refractivity contribution is -0.125. The standard InChI is InChI=1S/C15H17N3O4/c1-10(20)14(13(21)9-19)17-15(22)11-3-5-12(6-4-11)18-8-2-7-16-18/h2-8,10,14,19-20H,9H2,1H3,(H,17,22)/t10-,14+/m1/s1. The first-order valence-corrected chi connectivity index (χ1v) is 6.75. The third kappa shape index (κ3) is 3.57. The molecule has 1 aromatic carbocycles. The third-order valence-corrected chi connectivity index (χ3v) is 3.17. The molecule has 0 fully saturated rings. The molecule has 2 aromatic rings. The molecule has 1 aromatic heterocycles. The largest absolute Gasteiger partial charge is 0.391 e. The van der Waals surface area contributed by atoms with Crippen molar-refractivity contribution in [3.8, 4) is 5.69 Å². The van der Waals surface area contributed by atoms with E-state index in [9.17, 15) is 14.7 Å². The lowest BCUT2D eigenvalue weighted by atomic mass is 10.1. The summed E-state index contributed by atoms with van der Waals surface area (Å²) in [6.07, 6.45) is 2.33. The summed E-state index contributed by atoms with van der Waals surface area (Å²) in [4.78, 5) is 23.6. The minimum Gasteiger partial charge on any atom is -0.391 e. The maximum absolute atomic E-state index is 12.1. The van der Waals surface area contributed by atoms with E-state index in [1.165, 1.54) is 6.92 Å².